The second-order valence-electron chi connectivity index (χ2n) is 5.96. The van der Waals surface area contributed by atoms with Gasteiger partial charge < -0.3 is 10.6 Å². The lowest BCUT2D eigenvalue weighted by Crippen LogP contribution is -2.46. The second kappa shape index (κ2) is 6.17. The van der Waals surface area contributed by atoms with Crippen molar-refractivity contribution in [3.05, 3.63) is 0 Å². The molecule has 0 radical (unpaired) electrons. The normalized spacial score (nSPS) is 33.4. The second-order valence-corrected chi connectivity index (χ2v) is 5.96. The van der Waals surface area contributed by atoms with Crippen LogP contribution in [0.5, 0.6) is 0 Å². The zero-order chi connectivity index (χ0) is 12.3. The number of hydrogen-bond donors (Lipinski definition) is 1. The monoisotopic (exact) mass is 239 g/mol. The molecule has 0 bridgehead atoms. The highest BCUT2D eigenvalue weighted by Gasteiger charge is 2.34. The van der Waals surface area contributed by atoms with Crippen LogP contribution < -0.4 is 5.73 Å². The van der Waals surface area contributed by atoms with Crippen LogP contribution in [0, 0.1) is 5.92 Å². The van der Waals surface area contributed by atoms with Gasteiger partial charge in [-0.15, -0.1) is 0 Å². The van der Waals surface area contributed by atoms with Crippen molar-refractivity contribution < 1.29 is 0 Å². The lowest BCUT2D eigenvalue weighted by Gasteiger charge is -2.38. The van der Waals surface area contributed by atoms with Gasteiger partial charge in [-0.05, 0) is 64.7 Å². The molecule has 2 atom stereocenters. The van der Waals surface area contributed by atoms with Crippen LogP contribution >= 0.6 is 0 Å². The molecule has 2 fully saturated rings. The van der Waals surface area contributed by atoms with Crippen LogP contribution in [0.3, 0.4) is 0 Å². The summed E-state index contributed by atoms with van der Waals surface area (Å²) in [4.78, 5) is 5.36. The van der Waals surface area contributed by atoms with Gasteiger partial charge in [0.1, 0.15) is 0 Å². The molecule has 17 heavy (non-hydrogen) atoms. The summed E-state index contributed by atoms with van der Waals surface area (Å²) >= 11 is 0. The minimum absolute atomic E-state index is 0.749. The summed E-state index contributed by atoms with van der Waals surface area (Å²) in [5, 5.41) is 0. The van der Waals surface area contributed by atoms with Gasteiger partial charge in [-0.25, -0.2) is 0 Å². The Morgan fingerprint density at radius 2 is 1.94 bits per heavy atom. The maximum absolute atomic E-state index is 5.81. The number of nitrogens with zero attached hydrogens (tertiary/aromatic N) is 2. The summed E-state index contributed by atoms with van der Waals surface area (Å²) in [6.45, 7) is 10.7. The quantitative estimate of drug-likeness (QED) is 0.807. The minimum atomic E-state index is 0.749. The molecule has 3 nitrogen and oxygen atoms in total. The number of likely N-dealkylation sites (tertiary alicyclic amines) is 2. The van der Waals surface area contributed by atoms with Gasteiger partial charge >= 0.3 is 0 Å². The summed E-state index contributed by atoms with van der Waals surface area (Å²) < 4.78 is 0. The highest BCUT2D eigenvalue weighted by molar-refractivity contribution is 4.89. The number of nitrogens with two attached hydrogens (primary N) is 1. The predicted molar refractivity (Wildman–Crippen MR) is 73.1 cm³/mol. The van der Waals surface area contributed by atoms with Gasteiger partial charge in [-0.2, -0.15) is 0 Å². The Morgan fingerprint density at radius 3 is 2.47 bits per heavy atom. The van der Waals surface area contributed by atoms with Gasteiger partial charge in [-0.1, -0.05) is 6.92 Å². The first-order valence-corrected chi connectivity index (χ1v) is 7.42. The largest absolute Gasteiger partial charge is 0.330 e. The maximum Gasteiger partial charge on any atom is 0.0122 e. The van der Waals surface area contributed by atoms with Crippen molar-refractivity contribution in [2.45, 2.75) is 51.6 Å². The summed E-state index contributed by atoms with van der Waals surface area (Å²) in [5.41, 5.74) is 5.81. The summed E-state index contributed by atoms with van der Waals surface area (Å²) in [7, 11) is 0. The van der Waals surface area contributed by atoms with E-state index in [-0.39, 0.29) is 0 Å². The molecular formula is C14H29N3. The standard InChI is InChI=1S/C14H29N3/c1-3-6-16-7-4-14(5-8-16)17-11-13(10-15)9-12(17)2/h12-14H,3-11,15H2,1-2H3. The molecule has 0 aromatic rings. The lowest BCUT2D eigenvalue weighted by molar-refractivity contribution is 0.102. The van der Waals surface area contributed by atoms with Crippen molar-refractivity contribution in [2.24, 2.45) is 11.7 Å². The molecule has 0 aromatic carbocycles. The third-order valence-corrected chi connectivity index (χ3v) is 4.61. The zero-order valence-electron chi connectivity index (χ0n) is 11.6. The van der Waals surface area contributed by atoms with Crippen LogP contribution in [-0.4, -0.2) is 54.6 Å². The van der Waals surface area contributed by atoms with Crippen LogP contribution in [0.1, 0.15) is 39.5 Å². The topological polar surface area (TPSA) is 32.5 Å². The first-order valence-electron chi connectivity index (χ1n) is 7.42. The molecule has 0 amide bonds. The Bertz CT molecular complexity index is 224. The lowest BCUT2D eigenvalue weighted by atomic mass is 10.0. The fraction of sp³-hybridized carbons (Fsp3) is 1.00. The first-order chi connectivity index (χ1) is 8.24. The van der Waals surface area contributed by atoms with Crippen molar-refractivity contribution >= 4 is 0 Å². The van der Waals surface area contributed by atoms with Crippen LogP contribution in [0.15, 0.2) is 0 Å². The van der Waals surface area contributed by atoms with Gasteiger partial charge in [0.2, 0.25) is 0 Å². The number of hydrogen-bond acceptors (Lipinski definition) is 3. The van der Waals surface area contributed by atoms with Crippen molar-refractivity contribution in [3.63, 3.8) is 0 Å². The molecule has 2 heterocycles. The van der Waals surface area contributed by atoms with E-state index >= 15 is 0 Å². The zero-order valence-corrected chi connectivity index (χ0v) is 11.6. The van der Waals surface area contributed by atoms with Crippen LogP contribution in [0.2, 0.25) is 0 Å². The van der Waals surface area contributed by atoms with Gasteiger partial charge in [0, 0.05) is 18.6 Å². The Balaban J connectivity index is 1.80. The molecule has 2 N–H and O–H groups in total. The Kier molecular flexibility index (Phi) is 4.83. The molecule has 2 aliphatic rings. The van der Waals surface area contributed by atoms with E-state index in [9.17, 15) is 0 Å². The summed E-state index contributed by atoms with van der Waals surface area (Å²) in [6, 6.07) is 1.58. The molecular weight excluding hydrogens is 210 g/mol. The number of rotatable bonds is 4. The van der Waals surface area contributed by atoms with Gasteiger partial charge in [0.25, 0.3) is 0 Å². The minimum Gasteiger partial charge on any atom is -0.330 e. The Morgan fingerprint density at radius 1 is 1.24 bits per heavy atom. The Hall–Kier alpha value is -0.120. The van der Waals surface area contributed by atoms with Crippen LogP contribution in [-0.2, 0) is 0 Å². The van der Waals surface area contributed by atoms with E-state index in [2.05, 4.69) is 23.6 Å². The van der Waals surface area contributed by atoms with E-state index in [1.807, 2.05) is 0 Å². The van der Waals surface area contributed by atoms with Crippen LogP contribution in [0.4, 0.5) is 0 Å². The average Bonchev–Trinajstić information content (AvgIpc) is 2.72. The molecule has 2 saturated heterocycles. The fourth-order valence-corrected chi connectivity index (χ4v) is 3.64. The molecule has 2 unspecified atom stereocenters. The van der Waals surface area contributed by atoms with Crippen molar-refractivity contribution in [1.82, 2.24) is 9.80 Å². The summed E-state index contributed by atoms with van der Waals surface area (Å²) in [5.74, 6) is 0.749. The van der Waals surface area contributed by atoms with E-state index in [1.54, 1.807) is 0 Å². The van der Waals surface area contributed by atoms with Gasteiger partial charge in [-0.3, -0.25) is 4.90 Å². The van der Waals surface area contributed by atoms with Crippen molar-refractivity contribution in [1.29, 1.82) is 0 Å². The molecule has 100 valence electrons. The smallest absolute Gasteiger partial charge is 0.0122 e. The van der Waals surface area contributed by atoms with E-state index in [0.29, 0.717) is 0 Å². The van der Waals surface area contributed by atoms with Gasteiger partial charge in [0.05, 0.1) is 0 Å². The summed E-state index contributed by atoms with van der Waals surface area (Å²) in [6.07, 6.45) is 5.33. The predicted octanol–water partition coefficient (Wildman–Crippen LogP) is 1.53. The van der Waals surface area contributed by atoms with Crippen LogP contribution in [0.25, 0.3) is 0 Å². The Labute approximate surface area is 106 Å². The highest BCUT2D eigenvalue weighted by atomic mass is 15.2. The van der Waals surface area contributed by atoms with Gasteiger partial charge in [0.15, 0.2) is 0 Å². The molecule has 0 spiro atoms. The number of piperidine rings is 1. The molecule has 2 aliphatic heterocycles. The molecule has 0 aliphatic carbocycles. The van der Waals surface area contributed by atoms with E-state index < -0.39 is 0 Å². The molecule has 2 rings (SSSR count). The first kappa shape index (κ1) is 13.3. The maximum atomic E-state index is 5.81. The average molecular weight is 239 g/mol. The van der Waals surface area contributed by atoms with E-state index in [1.165, 1.54) is 51.9 Å². The fourth-order valence-electron chi connectivity index (χ4n) is 3.64. The third kappa shape index (κ3) is 3.21. The van der Waals surface area contributed by atoms with E-state index in [0.717, 1.165) is 24.5 Å². The van der Waals surface area contributed by atoms with Crippen molar-refractivity contribution in [3.8, 4) is 0 Å². The molecule has 0 aromatic heterocycles. The molecule has 0 saturated carbocycles. The SMILES string of the molecule is CCCN1CCC(N2CC(CN)CC2C)CC1. The van der Waals surface area contributed by atoms with Crippen molar-refractivity contribution in [2.75, 3.05) is 32.7 Å². The van der Waals surface area contributed by atoms with E-state index in [4.69, 9.17) is 5.73 Å². The molecule has 3 heteroatoms. The highest BCUT2D eigenvalue weighted by Crippen LogP contribution is 2.28. The third-order valence-electron chi connectivity index (χ3n) is 4.61.